The number of aryl methyl sites for hydroxylation is 12. The second-order valence-corrected chi connectivity index (χ2v) is 32.8. The third kappa shape index (κ3) is 23.1. The summed E-state index contributed by atoms with van der Waals surface area (Å²) >= 11 is 0. The monoisotopic (exact) mass is 1520 g/mol. The first kappa shape index (κ1) is 84.1. The molecular weight excluding hydrogens is 1430 g/mol. The van der Waals surface area contributed by atoms with Crippen LogP contribution in [0, 0.1) is 94.4 Å². The van der Waals surface area contributed by atoms with Gasteiger partial charge in [-0.15, -0.1) is 0 Å². The van der Waals surface area contributed by atoms with Crippen LogP contribution in [0.1, 0.15) is 152 Å². The van der Waals surface area contributed by atoms with Gasteiger partial charge in [-0.1, -0.05) is 365 Å². The number of sulfone groups is 1. The van der Waals surface area contributed by atoms with Crippen molar-refractivity contribution in [3.63, 3.8) is 0 Å². The molecule has 0 aliphatic rings. The Morgan fingerprint density at radius 1 is 0.239 bits per heavy atom. The maximum atomic E-state index is 14.0. The molecule has 0 saturated carbocycles. The molecule has 0 saturated heterocycles. The quantitative estimate of drug-likeness (QED) is 0.0719. The summed E-state index contributed by atoms with van der Waals surface area (Å²) in [7, 11) is -6.19. The summed E-state index contributed by atoms with van der Waals surface area (Å²) in [5.41, 5.74) is 20.4. The first-order chi connectivity index (χ1) is 54.1. The van der Waals surface area contributed by atoms with Crippen molar-refractivity contribution in [2.24, 2.45) is 0 Å². The summed E-state index contributed by atoms with van der Waals surface area (Å²) < 4.78 is 38.6. The number of rotatable bonds is 15. The van der Waals surface area contributed by atoms with Crippen molar-refractivity contribution in [1.82, 2.24) is 0 Å². The van der Waals surface area contributed by atoms with Crippen LogP contribution in [0.2, 0.25) is 0 Å². The number of hydrogen-bond donors (Lipinski definition) is 0. The lowest BCUT2D eigenvalue weighted by atomic mass is 9.97. The molecule has 0 bridgehead atoms. The average Bonchev–Trinajstić information content (AvgIpc) is 0.765. The lowest BCUT2D eigenvalue weighted by Crippen LogP contribution is -2.25. The predicted octanol–water partition coefficient (Wildman–Crippen LogP) is 22.3. The van der Waals surface area contributed by atoms with Crippen molar-refractivity contribution in [3.8, 4) is 6.07 Å². The molecule has 0 fully saturated rings. The largest absolute Gasteiger partial charge is 0.309 e. The Hall–Kier alpha value is -12.9. The molecule has 0 radical (unpaired) electrons. The Balaban J connectivity index is 0.000000158. The summed E-state index contributed by atoms with van der Waals surface area (Å²) in [6.45, 7) is 23.8. The van der Waals surface area contributed by atoms with E-state index in [9.17, 15) is 37.0 Å². The van der Waals surface area contributed by atoms with Gasteiger partial charge in [-0.3, -0.25) is 24.0 Å². The Morgan fingerprint density at radius 2 is 0.434 bits per heavy atom. The van der Waals surface area contributed by atoms with Gasteiger partial charge in [-0.2, -0.15) is 5.26 Å². The Morgan fingerprint density at radius 3 is 0.664 bits per heavy atom. The minimum absolute atomic E-state index is 0.0377. The van der Waals surface area contributed by atoms with E-state index in [1.165, 1.54) is 22.3 Å². The maximum Gasteiger partial charge on any atom is 0.206 e. The van der Waals surface area contributed by atoms with Crippen molar-refractivity contribution in [2.45, 2.75) is 92.9 Å². The minimum Gasteiger partial charge on any atom is -0.309 e. The van der Waals surface area contributed by atoms with Gasteiger partial charge in [-0.25, -0.2) is 8.42 Å². The summed E-state index contributed by atoms with van der Waals surface area (Å²) in [5, 5.41) is 11.3. The highest BCUT2D eigenvalue weighted by Crippen LogP contribution is 2.42. The zero-order valence-electron chi connectivity index (χ0n) is 65.9. The molecule has 0 aliphatic heterocycles. The number of carbonyl (C=O) groups excluding carboxylic acids is 5. The van der Waals surface area contributed by atoms with Gasteiger partial charge < -0.3 is 4.57 Å². The zero-order chi connectivity index (χ0) is 81.4. The summed E-state index contributed by atoms with van der Waals surface area (Å²) in [6, 6.07) is 107. The van der Waals surface area contributed by atoms with Crippen molar-refractivity contribution in [1.29, 1.82) is 5.26 Å². The number of nitrogens with zero attached hydrogens (tertiary/aromatic N) is 1. The number of hydrogen-bond acceptors (Lipinski definition) is 9. The van der Waals surface area contributed by atoms with E-state index >= 15 is 0 Å². The van der Waals surface area contributed by atoms with Crippen LogP contribution in [0.25, 0.3) is 0 Å². The van der Waals surface area contributed by atoms with Crippen LogP contribution in [0.15, 0.2) is 350 Å². The molecule has 0 unspecified atom stereocenters. The molecule has 0 aromatic heterocycles. The Bertz CT molecular complexity index is 5480. The fourth-order valence-corrected chi connectivity index (χ4v) is 15.7. The maximum absolute atomic E-state index is 14.0. The average molecular weight is 1520 g/mol. The molecule has 14 rings (SSSR count). The van der Waals surface area contributed by atoms with E-state index in [2.05, 4.69) is 6.07 Å². The van der Waals surface area contributed by atoms with Crippen LogP contribution in [0.4, 0.5) is 0 Å². The molecule has 0 spiro atoms. The number of benzene rings is 14. The second-order valence-electron chi connectivity index (χ2n) is 28.1. The van der Waals surface area contributed by atoms with E-state index in [4.69, 9.17) is 5.26 Å². The predicted molar refractivity (Wildman–Crippen MR) is 461 cm³/mol. The van der Waals surface area contributed by atoms with Crippen molar-refractivity contribution in [3.05, 3.63) is 468 Å². The highest BCUT2D eigenvalue weighted by molar-refractivity contribution is 7.91. The van der Waals surface area contributed by atoms with Crippen LogP contribution in [0.3, 0.4) is 0 Å². The van der Waals surface area contributed by atoms with E-state index in [-0.39, 0.29) is 28.9 Å². The fourth-order valence-electron chi connectivity index (χ4n) is 11.8. The van der Waals surface area contributed by atoms with Gasteiger partial charge in [0, 0.05) is 71.5 Å². The van der Waals surface area contributed by atoms with Gasteiger partial charge in [0.05, 0.1) is 21.4 Å². The number of carbonyl (C=O) groups is 5. The van der Waals surface area contributed by atoms with Gasteiger partial charge in [0.1, 0.15) is 0 Å². The highest BCUT2D eigenvalue weighted by atomic mass is 32.2. The molecule has 0 atom stereocenters. The first-order valence-electron chi connectivity index (χ1n) is 37.1. The Kier molecular flexibility index (Phi) is 29.5. The van der Waals surface area contributed by atoms with Gasteiger partial charge in [-0.05, 0) is 125 Å². The molecule has 14 aromatic carbocycles. The standard InChI is InChI=1S/2C22H18O2.C20H19OP.C15H14O.C14H14O2S.C9H9N/c1-15-3-7-17(8-4-15)21(23)19-11-13-20(14-12-19)22(24)18-9-5-16(2)6-10-18;1-15-6-10-17(11-7-15)21(23)19-4-3-5-20(14-19)22(24)18-12-8-16(2)9-13-18;1-16-8-12-19(13-9-16)22(21,18-6-4-3-5-7-18)20-14-10-17(2)11-15-20;1-11-3-7-13(8-4-11)15(16)14-9-5-12(2)6-10-14;1-11-3-7-13(8-4-11)17(15,16)14-9-5-12(2)6-10-14;1-7-4-3-5-8(2)9(7)6-10/h2*3-14H,1-2H3;3-15H,1-2H3;3-10H,1-2H3;3-10H,1-2H3;3-5H,1-2H3. The normalized spacial score (nSPS) is 10.6. The molecule has 564 valence electrons. The van der Waals surface area contributed by atoms with Gasteiger partial charge in [0.15, 0.2) is 36.1 Å². The number of nitriles is 1. The van der Waals surface area contributed by atoms with Gasteiger partial charge in [0.2, 0.25) is 9.84 Å². The third-order valence-corrected chi connectivity index (χ3v) is 23.7. The molecule has 14 aromatic rings. The second kappa shape index (κ2) is 39.6. The van der Waals surface area contributed by atoms with E-state index in [1.807, 2.05) is 326 Å². The number of ketones is 5. The van der Waals surface area contributed by atoms with E-state index in [0.29, 0.717) is 54.3 Å². The molecule has 0 amide bonds. The van der Waals surface area contributed by atoms with Crippen LogP contribution < -0.4 is 15.9 Å². The lowest BCUT2D eigenvalue weighted by molar-refractivity contribution is 0.102. The van der Waals surface area contributed by atoms with Crippen LogP contribution >= 0.6 is 7.14 Å². The molecule has 9 nitrogen and oxygen atoms in total. The van der Waals surface area contributed by atoms with Crippen molar-refractivity contribution in [2.75, 3.05) is 0 Å². The highest BCUT2D eigenvalue weighted by Gasteiger charge is 2.29. The van der Waals surface area contributed by atoms with Gasteiger partial charge in [0.25, 0.3) is 0 Å². The fraction of sp³-hybridized carbons (Fsp3) is 0.118. The molecule has 0 heterocycles. The molecule has 11 heteroatoms. The summed E-state index contributed by atoms with van der Waals surface area (Å²) in [4.78, 5) is 62.9. The first-order valence-corrected chi connectivity index (χ1v) is 40.3. The van der Waals surface area contributed by atoms with E-state index in [0.717, 1.165) is 77.1 Å². The van der Waals surface area contributed by atoms with Crippen molar-refractivity contribution >= 4 is 61.8 Å². The third-order valence-electron chi connectivity index (χ3n) is 18.8. The van der Waals surface area contributed by atoms with Crippen LogP contribution in [-0.2, 0) is 14.4 Å². The minimum atomic E-state index is -3.37. The SMILES string of the molecule is Cc1ccc(C(=O)c2ccc(C(=O)c3ccc(C)cc3)cc2)cc1.Cc1ccc(C(=O)c2ccc(C)cc2)cc1.Cc1ccc(C(=O)c2cccc(C(=O)c3ccc(C)cc3)c2)cc1.Cc1ccc(P(=O)(c2ccccc2)c2ccc(C)cc2)cc1.Cc1ccc(S(=O)(=O)c2ccc(C)cc2)cc1.Cc1cccc(C)c1C#N. The summed E-state index contributed by atoms with van der Waals surface area (Å²) in [6.07, 6.45) is 0. The topological polar surface area (TPSA) is 160 Å². The molecule has 0 N–H and O–H groups in total. The molecule has 0 aliphatic carbocycles. The molecule has 113 heavy (non-hydrogen) atoms. The van der Waals surface area contributed by atoms with Crippen LogP contribution in [0.5, 0.6) is 0 Å². The molecular formula is C102H92NO8PS. The zero-order valence-corrected chi connectivity index (χ0v) is 67.6. The van der Waals surface area contributed by atoms with E-state index < -0.39 is 17.0 Å². The van der Waals surface area contributed by atoms with Crippen LogP contribution in [-0.4, -0.2) is 37.3 Å². The van der Waals surface area contributed by atoms with Gasteiger partial charge >= 0.3 is 0 Å². The van der Waals surface area contributed by atoms with E-state index in [1.54, 1.807) is 97.1 Å². The lowest BCUT2D eigenvalue weighted by Gasteiger charge is -2.20. The van der Waals surface area contributed by atoms with Crippen molar-refractivity contribution < 1.29 is 37.0 Å². The Labute approximate surface area is 666 Å². The summed E-state index contributed by atoms with van der Waals surface area (Å²) in [5.74, 6) is -0.143. The smallest absolute Gasteiger partial charge is 0.206 e.